The summed E-state index contributed by atoms with van der Waals surface area (Å²) in [6.07, 6.45) is 1.79. The van der Waals surface area contributed by atoms with Crippen molar-refractivity contribution >= 4 is 11.8 Å². The molecule has 0 bridgehead atoms. The van der Waals surface area contributed by atoms with Crippen molar-refractivity contribution in [1.29, 1.82) is 0 Å². The molecule has 0 saturated carbocycles. The predicted octanol–water partition coefficient (Wildman–Crippen LogP) is -0.715. The lowest BCUT2D eigenvalue weighted by molar-refractivity contribution is -0.140. The molecule has 3 aliphatic rings. The maximum Gasteiger partial charge on any atom is 0.228 e. The first kappa shape index (κ1) is 14.8. The van der Waals surface area contributed by atoms with Gasteiger partial charge in [-0.3, -0.25) is 9.59 Å². The first-order valence-corrected chi connectivity index (χ1v) is 7.91. The van der Waals surface area contributed by atoms with Gasteiger partial charge < -0.3 is 20.2 Å². The van der Waals surface area contributed by atoms with Crippen molar-refractivity contribution in [2.24, 2.45) is 17.3 Å². The Morgan fingerprint density at radius 1 is 1.24 bits per heavy atom. The van der Waals surface area contributed by atoms with Crippen molar-refractivity contribution in [1.82, 2.24) is 15.1 Å². The number of piperidine rings is 1. The fourth-order valence-corrected chi connectivity index (χ4v) is 3.99. The SMILES string of the molecule is CC(=O)N1CC(CO)C2(CCN(C(=O)C3CNC3)CC2)C1. The van der Waals surface area contributed by atoms with Crippen LogP contribution in [0.15, 0.2) is 0 Å². The second-order valence-electron chi connectivity index (χ2n) is 6.82. The summed E-state index contributed by atoms with van der Waals surface area (Å²) in [4.78, 5) is 27.7. The summed E-state index contributed by atoms with van der Waals surface area (Å²) in [5.41, 5.74) is 0.00899. The van der Waals surface area contributed by atoms with Crippen molar-refractivity contribution in [3.63, 3.8) is 0 Å². The van der Waals surface area contributed by atoms with Crippen LogP contribution in [-0.2, 0) is 9.59 Å². The molecule has 6 nitrogen and oxygen atoms in total. The maximum atomic E-state index is 12.3. The minimum atomic E-state index is 0.00899. The first-order valence-electron chi connectivity index (χ1n) is 7.91. The second-order valence-corrected chi connectivity index (χ2v) is 6.82. The first-order chi connectivity index (χ1) is 10.1. The minimum Gasteiger partial charge on any atom is -0.396 e. The van der Waals surface area contributed by atoms with Gasteiger partial charge in [-0.05, 0) is 18.3 Å². The van der Waals surface area contributed by atoms with Crippen LogP contribution in [0, 0.1) is 17.3 Å². The molecule has 3 aliphatic heterocycles. The zero-order chi connectivity index (χ0) is 15.0. The van der Waals surface area contributed by atoms with Crippen molar-refractivity contribution in [2.75, 3.05) is 45.9 Å². The van der Waals surface area contributed by atoms with E-state index in [2.05, 4.69) is 5.32 Å². The number of hydrogen-bond acceptors (Lipinski definition) is 4. The average molecular weight is 295 g/mol. The van der Waals surface area contributed by atoms with Crippen LogP contribution in [-0.4, -0.2) is 72.6 Å². The Bertz CT molecular complexity index is 428. The highest BCUT2D eigenvalue weighted by molar-refractivity contribution is 5.80. The van der Waals surface area contributed by atoms with Gasteiger partial charge in [0.2, 0.25) is 11.8 Å². The molecule has 1 atom stereocenters. The highest BCUT2D eigenvalue weighted by Gasteiger charge is 2.49. The molecule has 118 valence electrons. The Balaban J connectivity index is 1.63. The van der Waals surface area contributed by atoms with Crippen LogP contribution in [0.3, 0.4) is 0 Å². The number of amides is 2. The highest BCUT2D eigenvalue weighted by atomic mass is 16.3. The largest absolute Gasteiger partial charge is 0.396 e. The zero-order valence-corrected chi connectivity index (χ0v) is 12.7. The normalized spacial score (nSPS) is 28.8. The fraction of sp³-hybridized carbons (Fsp3) is 0.867. The second kappa shape index (κ2) is 5.57. The van der Waals surface area contributed by atoms with Crippen LogP contribution >= 0.6 is 0 Å². The van der Waals surface area contributed by atoms with Crippen molar-refractivity contribution in [3.8, 4) is 0 Å². The fourth-order valence-electron chi connectivity index (χ4n) is 3.99. The molecule has 6 heteroatoms. The third kappa shape index (κ3) is 2.55. The number of carbonyl (C=O) groups excluding carboxylic acids is 2. The minimum absolute atomic E-state index is 0.00899. The van der Waals surface area contributed by atoms with E-state index in [-0.39, 0.29) is 35.7 Å². The van der Waals surface area contributed by atoms with E-state index in [0.29, 0.717) is 6.54 Å². The number of nitrogens with zero attached hydrogens (tertiary/aromatic N) is 2. The lowest BCUT2D eigenvalue weighted by atomic mass is 9.71. The number of likely N-dealkylation sites (tertiary alicyclic amines) is 2. The molecular formula is C15H25N3O3. The Labute approximate surface area is 125 Å². The van der Waals surface area contributed by atoms with E-state index in [1.165, 1.54) is 0 Å². The lowest BCUT2D eigenvalue weighted by Gasteiger charge is -2.43. The van der Waals surface area contributed by atoms with E-state index in [0.717, 1.165) is 45.6 Å². The van der Waals surface area contributed by atoms with Crippen LogP contribution < -0.4 is 5.32 Å². The molecule has 0 aromatic heterocycles. The summed E-state index contributed by atoms with van der Waals surface area (Å²) >= 11 is 0. The summed E-state index contributed by atoms with van der Waals surface area (Å²) < 4.78 is 0. The van der Waals surface area contributed by atoms with E-state index >= 15 is 0 Å². The molecule has 0 radical (unpaired) electrons. The summed E-state index contributed by atoms with van der Waals surface area (Å²) in [5, 5.41) is 12.8. The van der Waals surface area contributed by atoms with Gasteiger partial charge in [0.15, 0.2) is 0 Å². The van der Waals surface area contributed by atoms with Gasteiger partial charge in [-0.25, -0.2) is 0 Å². The standard InChI is InChI=1S/C15H25N3O3/c1-11(20)18-8-13(9-19)15(10-18)2-4-17(5-3-15)14(21)12-6-16-7-12/h12-13,16,19H,2-10H2,1H3. The topological polar surface area (TPSA) is 72.9 Å². The summed E-state index contributed by atoms with van der Waals surface area (Å²) in [5.74, 6) is 0.670. The summed E-state index contributed by atoms with van der Waals surface area (Å²) in [6.45, 7) is 6.25. The zero-order valence-electron chi connectivity index (χ0n) is 12.7. The monoisotopic (exact) mass is 295 g/mol. The number of nitrogens with one attached hydrogen (secondary N) is 1. The molecule has 2 N–H and O–H groups in total. The molecule has 3 heterocycles. The van der Waals surface area contributed by atoms with Crippen LogP contribution in [0.2, 0.25) is 0 Å². The summed E-state index contributed by atoms with van der Waals surface area (Å²) in [6, 6.07) is 0. The smallest absolute Gasteiger partial charge is 0.228 e. The van der Waals surface area contributed by atoms with Gasteiger partial charge in [0.25, 0.3) is 0 Å². The molecule has 1 unspecified atom stereocenters. The molecule has 2 amide bonds. The van der Waals surface area contributed by atoms with E-state index in [4.69, 9.17) is 0 Å². The third-order valence-corrected chi connectivity index (χ3v) is 5.68. The number of aliphatic hydroxyl groups excluding tert-OH is 1. The van der Waals surface area contributed by atoms with E-state index in [1.807, 2.05) is 9.80 Å². The van der Waals surface area contributed by atoms with Crippen molar-refractivity contribution < 1.29 is 14.7 Å². The molecule has 0 aromatic rings. The molecule has 3 saturated heterocycles. The molecule has 3 rings (SSSR count). The quantitative estimate of drug-likeness (QED) is 0.705. The molecular weight excluding hydrogens is 270 g/mol. The molecule has 21 heavy (non-hydrogen) atoms. The Hall–Kier alpha value is -1.14. The Morgan fingerprint density at radius 3 is 2.38 bits per heavy atom. The van der Waals surface area contributed by atoms with Gasteiger partial charge >= 0.3 is 0 Å². The van der Waals surface area contributed by atoms with E-state index < -0.39 is 0 Å². The van der Waals surface area contributed by atoms with E-state index in [1.54, 1.807) is 6.92 Å². The van der Waals surface area contributed by atoms with Gasteiger partial charge in [0.05, 0.1) is 5.92 Å². The number of hydrogen-bond donors (Lipinski definition) is 2. The third-order valence-electron chi connectivity index (χ3n) is 5.68. The number of aliphatic hydroxyl groups is 1. The van der Waals surface area contributed by atoms with E-state index in [9.17, 15) is 14.7 Å². The average Bonchev–Trinajstić information content (AvgIpc) is 2.76. The van der Waals surface area contributed by atoms with Crippen molar-refractivity contribution in [2.45, 2.75) is 19.8 Å². The van der Waals surface area contributed by atoms with Gasteiger partial charge in [0.1, 0.15) is 0 Å². The van der Waals surface area contributed by atoms with Crippen LogP contribution in [0.1, 0.15) is 19.8 Å². The molecule has 0 aromatic carbocycles. The van der Waals surface area contributed by atoms with Crippen LogP contribution in [0.25, 0.3) is 0 Å². The Kier molecular flexibility index (Phi) is 3.92. The van der Waals surface area contributed by atoms with Gasteiger partial charge in [-0.15, -0.1) is 0 Å². The van der Waals surface area contributed by atoms with Crippen molar-refractivity contribution in [3.05, 3.63) is 0 Å². The predicted molar refractivity (Wildman–Crippen MR) is 77.4 cm³/mol. The van der Waals surface area contributed by atoms with Gasteiger partial charge in [-0.2, -0.15) is 0 Å². The molecule has 1 spiro atoms. The summed E-state index contributed by atoms with van der Waals surface area (Å²) in [7, 11) is 0. The van der Waals surface area contributed by atoms with Gasteiger partial charge in [-0.1, -0.05) is 0 Å². The van der Waals surface area contributed by atoms with Gasteiger partial charge in [0, 0.05) is 58.7 Å². The van der Waals surface area contributed by atoms with Crippen LogP contribution in [0.4, 0.5) is 0 Å². The molecule has 3 fully saturated rings. The maximum absolute atomic E-state index is 12.3. The highest BCUT2D eigenvalue weighted by Crippen LogP contribution is 2.44. The van der Waals surface area contributed by atoms with Crippen LogP contribution in [0.5, 0.6) is 0 Å². The Morgan fingerprint density at radius 2 is 1.90 bits per heavy atom. The lowest BCUT2D eigenvalue weighted by Crippen LogP contribution is -2.55. The number of carbonyl (C=O) groups is 2. The molecule has 0 aliphatic carbocycles. The number of rotatable bonds is 2.